The molecule has 8 heteroatoms. The van der Waals surface area contributed by atoms with Gasteiger partial charge < -0.3 is 10.3 Å². The average Bonchev–Trinajstić information content (AvgIpc) is 3.26. The van der Waals surface area contributed by atoms with Gasteiger partial charge in [-0.05, 0) is 42.3 Å². The molecule has 0 bridgehead atoms. The molecule has 0 saturated heterocycles. The molecule has 0 fully saturated rings. The molecule has 1 amide bonds. The van der Waals surface area contributed by atoms with Crippen LogP contribution in [0, 0.1) is 0 Å². The van der Waals surface area contributed by atoms with Crippen LogP contribution in [0.3, 0.4) is 0 Å². The molecule has 2 aromatic heterocycles. The number of hydrogen-bond donors (Lipinski definition) is 2. The van der Waals surface area contributed by atoms with Crippen molar-refractivity contribution in [3.8, 4) is 0 Å². The molecule has 0 aliphatic rings. The number of aromatic amines is 1. The minimum Gasteiger partial charge on any atom is -0.348 e. The monoisotopic (exact) mass is 403 g/mol. The Labute approximate surface area is 171 Å². The summed E-state index contributed by atoms with van der Waals surface area (Å²) < 4.78 is 2.95. The first-order chi connectivity index (χ1) is 14.6. The van der Waals surface area contributed by atoms with Crippen molar-refractivity contribution < 1.29 is 4.79 Å². The first kappa shape index (κ1) is 19.4. The number of nitrogens with one attached hydrogen (secondary N) is 2. The van der Waals surface area contributed by atoms with Crippen molar-refractivity contribution in [3.05, 3.63) is 98.5 Å². The Morgan fingerprint density at radius 2 is 1.90 bits per heavy atom. The second-order valence-electron chi connectivity index (χ2n) is 6.89. The summed E-state index contributed by atoms with van der Waals surface area (Å²) in [5, 5.41) is 7.50. The van der Waals surface area contributed by atoms with Gasteiger partial charge in [0.15, 0.2) is 0 Å². The van der Waals surface area contributed by atoms with Crippen molar-refractivity contribution in [2.75, 3.05) is 0 Å². The maximum atomic E-state index is 12.7. The van der Waals surface area contributed by atoms with E-state index in [4.69, 9.17) is 0 Å². The van der Waals surface area contributed by atoms with Crippen LogP contribution in [-0.2, 0) is 19.6 Å². The third-order valence-corrected chi connectivity index (χ3v) is 5.01. The van der Waals surface area contributed by atoms with E-state index in [2.05, 4.69) is 15.4 Å². The zero-order chi connectivity index (χ0) is 21.1. The van der Waals surface area contributed by atoms with E-state index in [0.717, 1.165) is 15.7 Å². The maximum Gasteiger partial charge on any atom is 0.328 e. The van der Waals surface area contributed by atoms with Gasteiger partial charge >= 0.3 is 5.69 Å². The molecule has 2 heterocycles. The van der Waals surface area contributed by atoms with Crippen molar-refractivity contribution in [3.63, 3.8) is 0 Å². The van der Waals surface area contributed by atoms with Gasteiger partial charge in [-0.15, -0.1) is 0 Å². The largest absolute Gasteiger partial charge is 0.348 e. The van der Waals surface area contributed by atoms with Crippen LogP contribution in [0.2, 0.25) is 0 Å². The zero-order valence-electron chi connectivity index (χ0n) is 16.5. The molecular formula is C22H21N5O3. The van der Waals surface area contributed by atoms with Gasteiger partial charge in [0.05, 0.1) is 17.4 Å². The summed E-state index contributed by atoms with van der Waals surface area (Å²) in [6.07, 6.45) is 3.61. The summed E-state index contributed by atoms with van der Waals surface area (Å²) in [7, 11) is 0. The Kier molecular flexibility index (Phi) is 5.30. The molecule has 0 aliphatic carbocycles. The van der Waals surface area contributed by atoms with Crippen LogP contribution >= 0.6 is 0 Å². The number of H-pyrrole nitrogens is 1. The Hall–Kier alpha value is -3.94. The van der Waals surface area contributed by atoms with Gasteiger partial charge in [-0.3, -0.25) is 18.8 Å². The summed E-state index contributed by atoms with van der Waals surface area (Å²) in [6, 6.07) is 14.4. The fourth-order valence-electron chi connectivity index (χ4n) is 3.41. The number of rotatable bonds is 6. The van der Waals surface area contributed by atoms with E-state index in [1.165, 1.54) is 6.07 Å². The van der Waals surface area contributed by atoms with E-state index in [0.29, 0.717) is 29.6 Å². The lowest BCUT2D eigenvalue weighted by atomic mass is 10.1. The van der Waals surface area contributed by atoms with Gasteiger partial charge in [-0.25, -0.2) is 4.79 Å². The average molecular weight is 403 g/mol. The minimum atomic E-state index is -0.486. The molecule has 2 aromatic carbocycles. The molecule has 0 saturated carbocycles. The number of aromatic nitrogens is 4. The van der Waals surface area contributed by atoms with Crippen LogP contribution in [-0.4, -0.2) is 25.2 Å². The van der Waals surface area contributed by atoms with E-state index in [9.17, 15) is 14.4 Å². The highest BCUT2D eigenvalue weighted by molar-refractivity contribution is 5.97. The SMILES string of the molecule is CCn1c(=O)[nH]c2cc(C(=O)NCc3ccccc3Cn3cccn3)ccc2c1=O. The van der Waals surface area contributed by atoms with Crippen LogP contribution in [0.15, 0.2) is 70.5 Å². The van der Waals surface area contributed by atoms with Crippen LogP contribution in [0.4, 0.5) is 0 Å². The molecule has 4 rings (SSSR count). The van der Waals surface area contributed by atoms with E-state index in [-0.39, 0.29) is 18.0 Å². The van der Waals surface area contributed by atoms with Crippen molar-refractivity contribution in [2.45, 2.75) is 26.6 Å². The van der Waals surface area contributed by atoms with Gasteiger partial charge in [0.25, 0.3) is 11.5 Å². The quantitative estimate of drug-likeness (QED) is 0.513. The third-order valence-electron chi connectivity index (χ3n) is 5.01. The first-order valence-corrected chi connectivity index (χ1v) is 9.66. The lowest BCUT2D eigenvalue weighted by molar-refractivity contribution is 0.0951. The lowest BCUT2D eigenvalue weighted by Gasteiger charge is -2.11. The molecule has 2 N–H and O–H groups in total. The number of amides is 1. The Morgan fingerprint density at radius 1 is 1.10 bits per heavy atom. The second-order valence-corrected chi connectivity index (χ2v) is 6.89. The fourth-order valence-corrected chi connectivity index (χ4v) is 3.41. The standard InChI is InChI=1S/C22H21N5O3/c1-2-27-21(29)18-9-8-15(12-19(18)25-22(27)30)20(28)23-13-16-6-3-4-7-17(16)14-26-11-5-10-24-26/h3-12H,2,13-14H2,1H3,(H,23,28)(H,25,30). The van der Waals surface area contributed by atoms with Crippen LogP contribution < -0.4 is 16.6 Å². The molecule has 0 radical (unpaired) electrons. The molecule has 0 atom stereocenters. The zero-order valence-corrected chi connectivity index (χ0v) is 16.5. The maximum absolute atomic E-state index is 12.7. The van der Waals surface area contributed by atoms with E-state index >= 15 is 0 Å². The van der Waals surface area contributed by atoms with Gasteiger partial charge in [0, 0.05) is 31.0 Å². The highest BCUT2D eigenvalue weighted by Crippen LogP contribution is 2.12. The van der Waals surface area contributed by atoms with Crippen LogP contribution in [0.25, 0.3) is 10.9 Å². The first-order valence-electron chi connectivity index (χ1n) is 9.66. The molecule has 30 heavy (non-hydrogen) atoms. The van der Waals surface area contributed by atoms with Crippen molar-refractivity contribution in [1.82, 2.24) is 24.6 Å². The Morgan fingerprint density at radius 3 is 2.63 bits per heavy atom. The normalized spacial score (nSPS) is 11.0. The van der Waals surface area contributed by atoms with E-state index in [1.54, 1.807) is 25.3 Å². The summed E-state index contributed by atoms with van der Waals surface area (Å²) in [5.74, 6) is -0.286. The summed E-state index contributed by atoms with van der Waals surface area (Å²) in [5.41, 5.74) is 1.92. The number of fused-ring (bicyclic) bond motifs is 1. The smallest absolute Gasteiger partial charge is 0.328 e. The van der Waals surface area contributed by atoms with Crippen molar-refractivity contribution in [1.29, 1.82) is 0 Å². The summed E-state index contributed by atoms with van der Waals surface area (Å²) in [4.78, 5) is 39.8. The number of carbonyl (C=O) groups is 1. The second kappa shape index (κ2) is 8.20. The molecule has 152 valence electrons. The lowest BCUT2D eigenvalue weighted by Crippen LogP contribution is -2.34. The van der Waals surface area contributed by atoms with Crippen molar-refractivity contribution >= 4 is 16.8 Å². The number of benzene rings is 2. The molecular weight excluding hydrogens is 382 g/mol. The van der Waals surface area contributed by atoms with Gasteiger partial charge in [-0.1, -0.05) is 24.3 Å². The topological polar surface area (TPSA) is 102 Å². The molecule has 0 unspecified atom stereocenters. The third kappa shape index (κ3) is 3.80. The predicted octanol–water partition coefficient (Wildman–Crippen LogP) is 1.88. The van der Waals surface area contributed by atoms with E-state index in [1.807, 2.05) is 41.2 Å². The van der Waals surface area contributed by atoms with Gasteiger partial charge in [0.2, 0.25) is 0 Å². The fraction of sp³-hybridized carbons (Fsp3) is 0.182. The number of nitrogens with zero attached hydrogens (tertiary/aromatic N) is 3. The van der Waals surface area contributed by atoms with Crippen LogP contribution in [0.1, 0.15) is 28.4 Å². The highest BCUT2D eigenvalue weighted by Gasteiger charge is 2.11. The van der Waals surface area contributed by atoms with Gasteiger partial charge in [-0.2, -0.15) is 5.10 Å². The summed E-state index contributed by atoms with van der Waals surface area (Å²) >= 11 is 0. The molecule has 4 aromatic rings. The predicted molar refractivity (Wildman–Crippen MR) is 113 cm³/mol. The van der Waals surface area contributed by atoms with Crippen LogP contribution in [0.5, 0.6) is 0 Å². The van der Waals surface area contributed by atoms with E-state index < -0.39 is 5.69 Å². The number of carbonyl (C=O) groups excluding carboxylic acids is 1. The molecule has 0 aliphatic heterocycles. The molecule has 8 nitrogen and oxygen atoms in total. The Balaban J connectivity index is 1.54. The van der Waals surface area contributed by atoms with Crippen molar-refractivity contribution in [2.24, 2.45) is 0 Å². The highest BCUT2D eigenvalue weighted by atomic mass is 16.2. The summed E-state index contributed by atoms with van der Waals surface area (Å²) in [6.45, 7) is 2.97. The van der Waals surface area contributed by atoms with Gasteiger partial charge in [0.1, 0.15) is 0 Å². The Bertz CT molecular complexity index is 1320. The number of hydrogen-bond acceptors (Lipinski definition) is 4. The molecule has 0 spiro atoms. The minimum absolute atomic E-state index is 0.282.